The normalized spacial score (nSPS) is 18.2. The van der Waals surface area contributed by atoms with Crippen molar-refractivity contribution in [2.75, 3.05) is 0 Å². The predicted octanol–water partition coefficient (Wildman–Crippen LogP) is 3.98. The highest BCUT2D eigenvalue weighted by molar-refractivity contribution is 6.62. The van der Waals surface area contributed by atoms with Gasteiger partial charge in [-0.05, 0) is 51.5 Å². The third-order valence-electron chi connectivity index (χ3n) is 4.86. The van der Waals surface area contributed by atoms with Crippen molar-refractivity contribution >= 4 is 12.6 Å². The van der Waals surface area contributed by atoms with Gasteiger partial charge in [0, 0.05) is 11.5 Å². The van der Waals surface area contributed by atoms with Crippen LogP contribution in [0, 0.1) is 17.5 Å². The molecule has 2 aromatic rings. The third-order valence-corrected chi connectivity index (χ3v) is 4.86. The van der Waals surface area contributed by atoms with Gasteiger partial charge >= 0.3 is 7.12 Å². The number of rotatable bonds is 4. The Morgan fingerprint density at radius 3 is 2.15 bits per heavy atom. The molecule has 0 N–H and O–H groups in total. The first-order valence-corrected chi connectivity index (χ1v) is 8.31. The van der Waals surface area contributed by atoms with E-state index in [9.17, 15) is 13.2 Å². The van der Waals surface area contributed by atoms with E-state index < -0.39 is 35.8 Å². The minimum Gasteiger partial charge on any atom is -0.486 e. The van der Waals surface area contributed by atoms with Gasteiger partial charge in [0.2, 0.25) is 0 Å². The molecule has 1 aliphatic rings. The van der Waals surface area contributed by atoms with Crippen LogP contribution in [0.4, 0.5) is 13.2 Å². The maximum Gasteiger partial charge on any atom is 0.497 e. The van der Waals surface area contributed by atoms with Crippen molar-refractivity contribution in [2.24, 2.45) is 0 Å². The summed E-state index contributed by atoms with van der Waals surface area (Å²) in [5, 5.41) is 0. The molecule has 0 aliphatic carbocycles. The SMILES string of the molecule is CC1(C)OB(c2cc(COc3cc(F)ccc3F)ccc2F)OC1(C)C. The van der Waals surface area contributed by atoms with E-state index in [0.29, 0.717) is 5.56 Å². The fourth-order valence-electron chi connectivity index (χ4n) is 2.58. The number of hydrogen-bond donors (Lipinski definition) is 0. The number of benzene rings is 2. The molecule has 2 aromatic carbocycles. The summed E-state index contributed by atoms with van der Waals surface area (Å²) in [6.07, 6.45) is 0. The van der Waals surface area contributed by atoms with Crippen molar-refractivity contribution in [2.45, 2.75) is 45.5 Å². The lowest BCUT2D eigenvalue weighted by Gasteiger charge is -2.32. The highest BCUT2D eigenvalue weighted by Gasteiger charge is 2.52. The zero-order chi connectivity index (χ0) is 19.1. The molecular formula is C19H20BF3O3. The van der Waals surface area contributed by atoms with Crippen LogP contribution in [-0.2, 0) is 15.9 Å². The summed E-state index contributed by atoms with van der Waals surface area (Å²) < 4.78 is 58.2. The molecule has 0 bridgehead atoms. The van der Waals surface area contributed by atoms with E-state index >= 15 is 0 Å². The Kier molecular flexibility index (Phi) is 4.79. The molecule has 0 unspecified atom stereocenters. The van der Waals surface area contributed by atoms with Gasteiger partial charge in [-0.15, -0.1) is 0 Å². The second kappa shape index (κ2) is 6.63. The molecular weight excluding hydrogens is 344 g/mol. The van der Waals surface area contributed by atoms with Gasteiger partial charge in [0.05, 0.1) is 11.2 Å². The predicted molar refractivity (Wildman–Crippen MR) is 92.8 cm³/mol. The highest BCUT2D eigenvalue weighted by Crippen LogP contribution is 2.36. The van der Waals surface area contributed by atoms with Crippen LogP contribution in [0.3, 0.4) is 0 Å². The Hall–Kier alpha value is -1.99. The lowest BCUT2D eigenvalue weighted by Crippen LogP contribution is -2.41. The topological polar surface area (TPSA) is 27.7 Å². The van der Waals surface area contributed by atoms with Gasteiger partial charge in [-0.3, -0.25) is 0 Å². The van der Waals surface area contributed by atoms with Gasteiger partial charge in [0.25, 0.3) is 0 Å². The summed E-state index contributed by atoms with van der Waals surface area (Å²) in [5.41, 5.74) is -0.368. The van der Waals surface area contributed by atoms with E-state index in [1.54, 1.807) is 6.07 Å². The van der Waals surface area contributed by atoms with E-state index in [4.69, 9.17) is 14.0 Å². The Balaban J connectivity index is 1.79. The molecule has 0 saturated carbocycles. The van der Waals surface area contributed by atoms with Crippen LogP contribution in [0.15, 0.2) is 36.4 Å². The van der Waals surface area contributed by atoms with E-state index in [2.05, 4.69) is 0 Å². The van der Waals surface area contributed by atoms with Gasteiger partial charge in [-0.25, -0.2) is 13.2 Å². The summed E-state index contributed by atoms with van der Waals surface area (Å²) in [6.45, 7) is 7.47. The maximum absolute atomic E-state index is 14.3. The molecule has 0 spiro atoms. The summed E-state index contributed by atoms with van der Waals surface area (Å²) in [7, 11) is -0.856. The van der Waals surface area contributed by atoms with Crippen molar-refractivity contribution in [3.8, 4) is 5.75 Å². The standard InChI is InChI=1S/C19H20BF3O3/c1-18(2)19(3,4)26-20(25-18)14-9-12(5-7-15(14)22)11-24-17-10-13(21)6-8-16(17)23/h5-10H,11H2,1-4H3. The molecule has 1 aliphatic heterocycles. The highest BCUT2D eigenvalue weighted by atomic mass is 19.1. The average molecular weight is 364 g/mol. The molecule has 3 rings (SSSR count). The van der Waals surface area contributed by atoms with E-state index in [0.717, 1.165) is 18.2 Å². The molecule has 1 saturated heterocycles. The maximum atomic E-state index is 14.3. The van der Waals surface area contributed by atoms with Gasteiger partial charge in [0.15, 0.2) is 11.6 Å². The summed E-state index contributed by atoms with van der Waals surface area (Å²) >= 11 is 0. The van der Waals surface area contributed by atoms with E-state index in [1.807, 2.05) is 27.7 Å². The smallest absolute Gasteiger partial charge is 0.486 e. The Labute approximate surface area is 151 Å². The van der Waals surface area contributed by atoms with Crippen LogP contribution in [0.1, 0.15) is 33.3 Å². The van der Waals surface area contributed by atoms with Gasteiger partial charge in [0.1, 0.15) is 18.2 Å². The van der Waals surface area contributed by atoms with Crippen LogP contribution < -0.4 is 10.2 Å². The van der Waals surface area contributed by atoms with Crippen molar-refractivity contribution in [3.05, 3.63) is 59.4 Å². The minimum atomic E-state index is -0.856. The third kappa shape index (κ3) is 3.59. The van der Waals surface area contributed by atoms with Gasteiger partial charge in [-0.2, -0.15) is 0 Å². The van der Waals surface area contributed by atoms with Crippen LogP contribution in [0.5, 0.6) is 5.75 Å². The van der Waals surface area contributed by atoms with E-state index in [1.165, 1.54) is 12.1 Å². The minimum absolute atomic E-state index is 0.0485. The Bertz CT molecular complexity index is 808. The number of halogens is 3. The molecule has 138 valence electrons. The second-order valence-electron chi connectivity index (χ2n) is 7.31. The van der Waals surface area contributed by atoms with Gasteiger partial charge in [-0.1, -0.05) is 12.1 Å². The molecule has 0 atom stereocenters. The van der Waals surface area contributed by atoms with Crippen LogP contribution in [-0.4, -0.2) is 18.3 Å². The molecule has 7 heteroatoms. The average Bonchev–Trinajstić information content (AvgIpc) is 2.77. The summed E-state index contributed by atoms with van der Waals surface area (Å²) in [6, 6.07) is 7.31. The van der Waals surface area contributed by atoms with Crippen molar-refractivity contribution in [1.82, 2.24) is 0 Å². The van der Waals surface area contributed by atoms with Gasteiger partial charge < -0.3 is 14.0 Å². The molecule has 0 aromatic heterocycles. The quantitative estimate of drug-likeness (QED) is 0.769. The Morgan fingerprint density at radius 2 is 1.50 bits per heavy atom. The largest absolute Gasteiger partial charge is 0.497 e. The summed E-state index contributed by atoms with van der Waals surface area (Å²) in [5.74, 6) is -1.94. The second-order valence-corrected chi connectivity index (χ2v) is 7.31. The monoisotopic (exact) mass is 364 g/mol. The van der Waals surface area contributed by atoms with Crippen LogP contribution >= 0.6 is 0 Å². The van der Waals surface area contributed by atoms with Crippen molar-refractivity contribution < 1.29 is 27.2 Å². The molecule has 0 radical (unpaired) electrons. The Morgan fingerprint density at radius 1 is 0.885 bits per heavy atom. The van der Waals surface area contributed by atoms with Crippen LogP contribution in [0.25, 0.3) is 0 Å². The molecule has 1 heterocycles. The van der Waals surface area contributed by atoms with E-state index in [-0.39, 0.29) is 17.8 Å². The fraction of sp³-hybridized carbons (Fsp3) is 0.368. The zero-order valence-electron chi connectivity index (χ0n) is 15.1. The number of hydrogen-bond acceptors (Lipinski definition) is 3. The zero-order valence-corrected chi connectivity index (χ0v) is 15.1. The first-order chi connectivity index (χ1) is 12.1. The first-order valence-electron chi connectivity index (χ1n) is 8.31. The number of ether oxygens (including phenoxy) is 1. The molecule has 26 heavy (non-hydrogen) atoms. The molecule has 1 fully saturated rings. The first kappa shape index (κ1) is 18.8. The molecule has 0 amide bonds. The van der Waals surface area contributed by atoms with Crippen molar-refractivity contribution in [3.63, 3.8) is 0 Å². The van der Waals surface area contributed by atoms with Crippen LogP contribution in [0.2, 0.25) is 0 Å². The molecule has 3 nitrogen and oxygen atoms in total. The fourth-order valence-corrected chi connectivity index (χ4v) is 2.58. The van der Waals surface area contributed by atoms with Crippen molar-refractivity contribution in [1.29, 1.82) is 0 Å². The summed E-state index contributed by atoms with van der Waals surface area (Å²) in [4.78, 5) is 0. The lowest BCUT2D eigenvalue weighted by atomic mass is 9.78. The lowest BCUT2D eigenvalue weighted by molar-refractivity contribution is 0.00578.